The normalized spacial score (nSPS) is 9.88. The number of ether oxygens (including phenoxy) is 1. The number of hydrogen-bond acceptors (Lipinski definition) is 6. The lowest BCUT2D eigenvalue weighted by atomic mass is 10.3. The van der Waals surface area contributed by atoms with Crippen molar-refractivity contribution < 1.29 is 28.0 Å². The molecule has 17 heavy (non-hydrogen) atoms. The van der Waals surface area contributed by atoms with Crippen LogP contribution >= 0.6 is 0 Å². The number of Topliss-reactive ketones (excluding diaryl/α,β-unsaturated/α-hetero) is 1. The maximum absolute atomic E-state index is 11.4. The van der Waals surface area contributed by atoms with E-state index in [1.807, 2.05) is 0 Å². The first-order valence-electron chi connectivity index (χ1n) is 4.56. The minimum absolute atomic E-state index is 0.161. The van der Waals surface area contributed by atoms with Crippen LogP contribution in [0.2, 0.25) is 0 Å². The van der Waals surface area contributed by atoms with Gasteiger partial charge >= 0.3 is 17.7 Å². The Hall–Kier alpha value is -2.63. The molecule has 0 saturated heterocycles. The molecule has 6 nitrogen and oxygen atoms in total. The summed E-state index contributed by atoms with van der Waals surface area (Å²) >= 11 is 0. The van der Waals surface area contributed by atoms with Crippen LogP contribution < -0.4 is 0 Å². The van der Waals surface area contributed by atoms with Crippen LogP contribution in [-0.4, -0.2) is 17.7 Å². The van der Waals surface area contributed by atoms with E-state index in [4.69, 9.17) is 8.83 Å². The maximum atomic E-state index is 11.4. The molecule has 0 amide bonds. The van der Waals surface area contributed by atoms with Crippen LogP contribution in [0.5, 0.6) is 0 Å². The third kappa shape index (κ3) is 2.31. The van der Waals surface area contributed by atoms with Crippen LogP contribution in [-0.2, 0) is 9.53 Å². The van der Waals surface area contributed by atoms with Gasteiger partial charge in [-0.1, -0.05) is 0 Å². The van der Waals surface area contributed by atoms with Crippen molar-refractivity contribution in [3.8, 4) is 0 Å². The minimum atomic E-state index is -1.32. The molecule has 2 aromatic rings. The average Bonchev–Trinajstić information content (AvgIpc) is 3.00. The molecule has 0 fully saturated rings. The second-order valence-electron chi connectivity index (χ2n) is 2.96. The van der Waals surface area contributed by atoms with E-state index in [2.05, 4.69) is 4.74 Å². The quantitative estimate of drug-likeness (QED) is 0.345. The number of carbonyl (C=O) groups is 3. The molecule has 0 atom stereocenters. The van der Waals surface area contributed by atoms with E-state index in [1.54, 1.807) is 0 Å². The SMILES string of the molecule is O=C(OC(=O)c1ccco1)C(=O)c1ccco1. The molecule has 0 aliphatic rings. The number of hydrogen-bond donors (Lipinski definition) is 0. The van der Waals surface area contributed by atoms with Gasteiger partial charge in [0.15, 0.2) is 5.76 Å². The Kier molecular flexibility index (Phi) is 2.87. The molecule has 2 heterocycles. The summed E-state index contributed by atoms with van der Waals surface area (Å²) in [4.78, 5) is 33.9. The van der Waals surface area contributed by atoms with Gasteiger partial charge in [0.2, 0.25) is 5.76 Å². The molecule has 0 N–H and O–H groups in total. The molecule has 0 unspecified atom stereocenters. The molecule has 0 aliphatic carbocycles. The third-order valence-electron chi connectivity index (χ3n) is 1.84. The van der Waals surface area contributed by atoms with Crippen molar-refractivity contribution >= 4 is 17.7 Å². The molecule has 0 bridgehead atoms. The van der Waals surface area contributed by atoms with Crippen molar-refractivity contribution in [2.45, 2.75) is 0 Å². The molecule has 2 aromatic heterocycles. The van der Waals surface area contributed by atoms with Crippen molar-refractivity contribution in [2.75, 3.05) is 0 Å². The highest BCUT2D eigenvalue weighted by molar-refractivity contribution is 6.41. The topological polar surface area (TPSA) is 86.7 Å². The average molecular weight is 234 g/mol. The molecule has 0 aromatic carbocycles. The lowest BCUT2D eigenvalue weighted by Gasteiger charge is -1.97. The Morgan fingerprint density at radius 2 is 1.53 bits per heavy atom. The van der Waals surface area contributed by atoms with Gasteiger partial charge in [0.1, 0.15) is 0 Å². The highest BCUT2D eigenvalue weighted by Gasteiger charge is 2.25. The summed E-state index contributed by atoms with van der Waals surface area (Å²) < 4.78 is 13.7. The van der Waals surface area contributed by atoms with Gasteiger partial charge in [0, 0.05) is 0 Å². The van der Waals surface area contributed by atoms with Crippen molar-refractivity contribution in [3.63, 3.8) is 0 Å². The first-order chi connectivity index (χ1) is 8.18. The van der Waals surface area contributed by atoms with E-state index in [0.29, 0.717) is 0 Å². The van der Waals surface area contributed by atoms with E-state index in [9.17, 15) is 14.4 Å². The Labute approximate surface area is 94.8 Å². The number of rotatable bonds is 3. The summed E-state index contributed by atoms with van der Waals surface area (Å²) in [7, 11) is 0. The van der Waals surface area contributed by atoms with Crippen molar-refractivity contribution in [3.05, 3.63) is 48.3 Å². The lowest BCUT2D eigenvalue weighted by molar-refractivity contribution is -0.133. The predicted octanol–water partition coefficient (Wildman–Crippen LogP) is 1.44. The first kappa shape index (κ1) is 10.9. The van der Waals surface area contributed by atoms with Gasteiger partial charge in [0.05, 0.1) is 12.5 Å². The van der Waals surface area contributed by atoms with E-state index in [0.717, 1.165) is 0 Å². The lowest BCUT2D eigenvalue weighted by Crippen LogP contribution is -2.20. The summed E-state index contributed by atoms with van der Waals surface area (Å²) in [5.41, 5.74) is 0. The maximum Gasteiger partial charge on any atom is 0.391 e. The predicted molar refractivity (Wildman–Crippen MR) is 52.2 cm³/mol. The van der Waals surface area contributed by atoms with Gasteiger partial charge in [-0.05, 0) is 24.3 Å². The Balaban J connectivity index is 2.03. The van der Waals surface area contributed by atoms with E-state index in [-0.39, 0.29) is 11.5 Å². The smallest absolute Gasteiger partial charge is 0.391 e. The monoisotopic (exact) mass is 234 g/mol. The molecule has 0 radical (unpaired) electrons. The van der Waals surface area contributed by atoms with Gasteiger partial charge in [-0.25, -0.2) is 9.59 Å². The van der Waals surface area contributed by atoms with E-state index >= 15 is 0 Å². The largest absolute Gasteiger partial charge is 0.461 e. The fraction of sp³-hybridized carbons (Fsp3) is 0. The minimum Gasteiger partial charge on any atom is -0.461 e. The Bertz CT molecular complexity index is 535. The Morgan fingerprint density at radius 3 is 2.06 bits per heavy atom. The van der Waals surface area contributed by atoms with Gasteiger partial charge in [-0.3, -0.25) is 4.79 Å². The van der Waals surface area contributed by atoms with Crippen LogP contribution in [0.15, 0.2) is 45.6 Å². The van der Waals surface area contributed by atoms with E-state index in [1.165, 1.54) is 36.8 Å². The molecule has 0 spiro atoms. The molecular weight excluding hydrogens is 228 g/mol. The summed E-state index contributed by atoms with van der Waals surface area (Å²) in [5, 5.41) is 0. The second kappa shape index (κ2) is 4.48. The van der Waals surface area contributed by atoms with Gasteiger partial charge < -0.3 is 13.6 Å². The van der Waals surface area contributed by atoms with Crippen molar-refractivity contribution in [1.82, 2.24) is 0 Å². The van der Waals surface area contributed by atoms with Crippen molar-refractivity contribution in [1.29, 1.82) is 0 Å². The number of carbonyl (C=O) groups excluding carboxylic acids is 3. The second-order valence-corrected chi connectivity index (χ2v) is 2.96. The fourth-order valence-corrected chi connectivity index (χ4v) is 1.08. The molecule has 0 saturated carbocycles. The number of furan rings is 2. The van der Waals surface area contributed by atoms with Gasteiger partial charge in [-0.15, -0.1) is 0 Å². The number of esters is 2. The van der Waals surface area contributed by atoms with Crippen LogP contribution in [0.3, 0.4) is 0 Å². The van der Waals surface area contributed by atoms with Crippen molar-refractivity contribution in [2.24, 2.45) is 0 Å². The molecule has 0 aliphatic heterocycles. The zero-order valence-corrected chi connectivity index (χ0v) is 8.41. The zero-order chi connectivity index (χ0) is 12.3. The van der Waals surface area contributed by atoms with E-state index < -0.39 is 17.7 Å². The van der Waals surface area contributed by atoms with Gasteiger partial charge in [-0.2, -0.15) is 0 Å². The number of ketones is 1. The molecule has 6 heteroatoms. The summed E-state index contributed by atoms with van der Waals surface area (Å²) in [5.74, 6) is -3.73. The standard InChI is InChI=1S/C11H6O6/c12-9(7-3-1-5-15-7)11(14)17-10(13)8-4-2-6-16-8/h1-6H. The summed E-state index contributed by atoms with van der Waals surface area (Å²) in [6.45, 7) is 0. The Morgan fingerprint density at radius 1 is 0.941 bits per heavy atom. The highest BCUT2D eigenvalue weighted by Crippen LogP contribution is 2.06. The summed E-state index contributed by atoms with van der Waals surface area (Å²) in [6.07, 6.45) is 2.48. The third-order valence-corrected chi connectivity index (χ3v) is 1.84. The highest BCUT2D eigenvalue weighted by atomic mass is 16.6. The molecular formula is C11H6O6. The zero-order valence-electron chi connectivity index (χ0n) is 8.41. The van der Waals surface area contributed by atoms with Crippen LogP contribution in [0.25, 0.3) is 0 Å². The first-order valence-corrected chi connectivity index (χ1v) is 4.56. The summed E-state index contributed by atoms with van der Waals surface area (Å²) in [6, 6.07) is 5.50. The molecule has 86 valence electrons. The van der Waals surface area contributed by atoms with Crippen LogP contribution in [0.4, 0.5) is 0 Å². The van der Waals surface area contributed by atoms with Gasteiger partial charge in [0.25, 0.3) is 0 Å². The van der Waals surface area contributed by atoms with Crippen LogP contribution in [0.1, 0.15) is 21.1 Å². The fourth-order valence-electron chi connectivity index (χ4n) is 1.08. The van der Waals surface area contributed by atoms with Crippen LogP contribution in [0, 0.1) is 0 Å². The molecule has 2 rings (SSSR count).